The Kier molecular flexibility index (Phi) is 7.09. The standard InChI is InChI=1S/C14H30N2O/c1-4-6-7-13(5-2)10-15-8-9-17-14(3)11-16-12-14/h13,15-16H,4-12H2,1-3H3. The molecule has 17 heavy (non-hydrogen) atoms. The lowest BCUT2D eigenvalue weighted by molar-refractivity contribution is -0.0649. The van der Waals surface area contributed by atoms with Gasteiger partial charge >= 0.3 is 0 Å². The van der Waals surface area contributed by atoms with Crippen molar-refractivity contribution in [2.75, 3.05) is 32.8 Å². The van der Waals surface area contributed by atoms with Crippen LogP contribution in [0.15, 0.2) is 0 Å². The van der Waals surface area contributed by atoms with Gasteiger partial charge in [-0.3, -0.25) is 0 Å². The lowest BCUT2D eigenvalue weighted by atomic mass is 9.99. The molecule has 102 valence electrons. The lowest BCUT2D eigenvalue weighted by Gasteiger charge is -2.39. The third-order valence-corrected chi connectivity index (χ3v) is 3.70. The van der Waals surface area contributed by atoms with Crippen molar-refractivity contribution in [2.45, 2.75) is 52.1 Å². The first kappa shape index (κ1) is 14.9. The number of hydrogen-bond acceptors (Lipinski definition) is 3. The Bertz CT molecular complexity index is 193. The molecule has 0 spiro atoms. The molecule has 1 unspecified atom stereocenters. The van der Waals surface area contributed by atoms with Crippen molar-refractivity contribution in [2.24, 2.45) is 5.92 Å². The quantitative estimate of drug-likeness (QED) is 0.576. The molecule has 1 fully saturated rings. The number of rotatable bonds is 10. The van der Waals surface area contributed by atoms with Gasteiger partial charge < -0.3 is 15.4 Å². The Labute approximate surface area is 107 Å². The summed E-state index contributed by atoms with van der Waals surface area (Å²) in [4.78, 5) is 0. The van der Waals surface area contributed by atoms with E-state index in [1.807, 2.05) is 0 Å². The monoisotopic (exact) mass is 242 g/mol. The zero-order chi connectivity index (χ0) is 12.6. The number of unbranched alkanes of at least 4 members (excludes halogenated alkanes) is 1. The molecule has 1 saturated heterocycles. The normalized spacial score (nSPS) is 19.9. The van der Waals surface area contributed by atoms with Crippen LogP contribution in [-0.2, 0) is 4.74 Å². The maximum atomic E-state index is 5.84. The molecule has 0 aromatic heterocycles. The predicted molar refractivity (Wildman–Crippen MR) is 73.4 cm³/mol. The molecule has 0 saturated carbocycles. The van der Waals surface area contributed by atoms with E-state index in [4.69, 9.17) is 4.74 Å². The van der Waals surface area contributed by atoms with Crippen LogP contribution >= 0.6 is 0 Å². The van der Waals surface area contributed by atoms with Crippen molar-refractivity contribution in [1.82, 2.24) is 10.6 Å². The molecule has 1 aliphatic heterocycles. The van der Waals surface area contributed by atoms with Gasteiger partial charge in [0.1, 0.15) is 0 Å². The summed E-state index contributed by atoms with van der Waals surface area (Å²) >= 11 is 0. The average Bonchev–Trinajstić information content (AvgIpc) is 2.30. The molecule has 2 N–H and O–H groups in total. The maximum absolute atomic E-state index is 5.84. The molecule has 1 rings (SSSR count). The molecule has 0 bridgehead atoms. The Morgan fingerprint density at radius 1 is 1.35 bits per heavy atom. The molecule has 0 aromatic rings. The first-order valence-electron chi connectivity index (χ1n) is 7.25. The van der Waals surface area contributed by atoms with Crippen LogP contribution in [0.5, 0.6) is 0 Å². The first-order valence-corrected chi connectivity index (χ1v) is 7.25. The molecular weight excluding hydrogens is 212 g/mol. The van der Waals surface area contributed by atoms with Gasteiger partial charge in [0.25, 0.3) is 0 Å². The summed E-state index contributed by atoms with van der Waals surface area (Å²) in [5.74, 6) is 0.843. The van der Waals surface area contributed by atoms with Gasteiger partial charge in [-0.15, -0.1) is 0 Å². The largest absolute Gasteiger partial charge is 0.371 e. The zero-order valence-electron chi connectivity index (χ0n) is 11.8. The topological polar surface area (TPSA) is 33.3 Å². The van der Waals surface area contributed by atoms with Gasteiger partial charge in [-0.05, 0) is 25.8 Å². The molecule has 0 radical (unpaired) electrons. The van der Waals surface area contributed by atoms with Crippen molar-refractivity contribution >= 4 is 0 Å². The van der Waals surface area contributed by atoms with E-state index in [0.29, 0.717) is 0 Å². The third kappa shape index (κ3) is 5.84. The number of hydrogen-bond donors (Lipinski definition) is 2. The van der Waals surface area contributed by atoms with Crippen LogP contribution in [0, 0.1) is 5.92 Å². The van der Waals surface area contributed by atoms with Gasteiger partial charge in [-0.2, -0.15) is 0 Å². The number of nitrogens with one attached hydrogen (secondary N) is 2. The summed E-state index contributed by atoms with van der Waals surface area (Å²) in [5, 5.41) is 6.77. The van der Waals surface area contributed by atoms with E-state index in [-0.39, 0.29) is 5.60 Å². The van der Waals surface area contributed by atoms with Crippen LogP contribution in [0.25, 0.3) is 0 Å². The second kappa shape index (κ2) is 8.06. The van der Waals surface area contributed by atoms with Crippen molar-refractivity contribution < 1.29 is 4.74 Å². The Balaban J connectivity index is 1.94. The molecule has 0 amide bonds. The highest BCUT2D eigenvalue weighted by Crippen LogP contribution is 2.14. The second-order valence-corrected chi connectivity index (χ2v) is 5.52. The van der Waals surface area contributed by atoms with Crippen LogP contribution < -0.4 is 10.6 Å². The van der Waals surface area contributed by atoms with Crippen LogP contribution in [0.1, 0.15) is 46.5 Å². The molecule has 0 aliphatic carbocycles. The van der Waals surface area contributed by atoms with Gasteiger partial charge in [0, 0.05) is 19.6 Å². The smallest absolute Gasteiger partial charge is 0.0902 e. The molecule has 1 aliphatic rings. The van der Waals surface area contributed by atoms with E-state index >= 15 is 0 Å². The van der Waals surface area contributed by atoms with Gasteiger partial charge in [0.05, 0.1) is 12.2 Å². The van der Waals surface area contributed by atoms with Crippen LogP contribution in [0.4, 0.5) is 0 Å². The lowest BCUT2D eigenvalue weighted by Crippen LogP contribution is -2.59. The minimum absolute atomic E-state index is 0.105. The molecule has 1 atom stereocenters. The SMILES string of the molecule is CCCCC(CC)CNCCOC1(C)CNC1. The van der Waals surface area contributed by atoms with E-state index in [9.17, 15) is 0 Å². The average molecular weight is 242 g/mol. The van der Waals surface area contributed by atoms with Crippen molar-refractivity contribution in [3.05, 3.63) is 0 Å². The van der Waals surface area contributed by atoms with E-state index < -0.39 is 0 Å². The molecule has 3 nitrogen and oxygen atoms in total. The Morgan fingerprint density at radius 3 is 2.65 bits per heavy atom. The fourth-order valence-electron chi connectivity index (χ4n) is 2.20. The summed E-state index contributed by atoms with van der Waals surface area (Å²) in [6.07, 6.45) is 5.32. The van der Waals surface area contributed by atoms with Gasteiger partial charge in [-0.25, -0.2) is 0 Å². The van der Waals surface area contributed by atoms with Crippen molar-refractivity contribution in [1.29, 1.82) is 0 Å². The van der Waals surface area contributed by atoms with Gasteiger partial charge in [0.2, 0.25) is 0 Å². The second-order valence-electron chi connectivity index (χ2n) is 5.52. The highest BCUT2D eigenvalue weighted by atomic mass is 16.5. The van der Waals surface area contributed by atoms with Gasteiger partial charge in [0.15, 0.2) is 0 Å². The Morgan fingerprint density at radius 2 is 2.12 bits per heavy atom. The molecule has 3 heteroatoms. The first-order chi connectivity index (χ1) is 8.20. The van der Waals surface area contributed by atoms with E-state index in [2.05, 4.69) is 31.4 Å². The zero-order valence-corrected chi connectivity index (χ0v) is 11.8. The van der Waals surface area contributed by atoms with E-state index in [1.165, 1.54) is 25.7 Å². The van der Waals surface area contributed by atoms with Crippen LogP contribution in [-0.4, -0.2) is 38.4 Å². The Hall–Kier alpha value is -0.120. The highest BCUT2D eigenvalue weighted by Gasteiger charge is 2.31. The molecular formula is C14H30N2O. The number of ether oxygens (including phenoxy) is 1. The third-order valence-electron chi connectivity index (χ3n) is 3.70. The summed E-state index contributed by atoms with van der Waals surface area (Å²) in [6, 6.07) is 0. The molecule has 0 aromatic carbocycles. The predicted octanol–water partition coefficient (Wildman–Crippen LogP) is 2.17. The summed E-state index contributed by atoms with van der Waals surface area (Å²) in [5.41, 5.74) is 0.105. The van der Waals surface area contributed by atoms with Gasteiger partial charge in [-0.1, -0.05) is 33.1 Å². The van der Waals surface area contributed by atoms with Crippen LogP contribution in [0.3, 0.4) is 0 Å². The summed E-state index contributed by atoms with van der Waals surface area (Å²) in [6.45, 7) is 11.7. The van der Waals surface area contributed by atoms with Crippen molar-refractivity contribution in [3.8, 4) is 0 Å². The fourth-order valence-corrected chi connectivity index (χ4v) is 2.20. The highest BCUT2D eigenvalue weighted by molar-refractivity contribution is 4.90. The molecule has 1 heterocycles. The van der Waals surface area contributed by atoms with Crippen molar-refractivity contribution in [3.63, 3.8) is 0 Å². The maximum Gasteiger partial charge on any atom is 0.0902 e. The summed E-state index contributed by atoms with van der Waals surface area (Å²) < 4.78 is 5.84. The summed E-state index contributed by atoms with van der Waals surface area (Å²) in [7, 11) is 0. The van der Waals surface area contributed by atoms with E-state index in [1.54, 1.807) is 0 Å². The fraction of sp³-hybridized carbons (Fsp3) is 1.00. The minimum Gasteiger partial charge on any atom is -0.371 e. The van der Waals surface area contributed by atoms with E-state index in [0.717, 1.165) is 38.7 Å². The van der Waals surface area contributed by atoms with Crippen LogP contribution in [0.2, 0.25) is 0 Å². The minimum atomic E-state index is 0.105.